The molecule has 2 saturated heterocycles. The predicted molar refractivity (Wildman–Crippen MR) is 111 cm³/mol. The fourth-order valence-electron chi connectivity index (χ4n) is 5.74. The van der Waals surface area contributed by atoms with Gasteiger partial charge >= 0.3 is 0 Å². The average Bonchev–Trinajstić information content (AvgIpc) is 3.08. The van der Waals surface area contributed by atoms with Gasteiger partial charge in [-0.15, -0.1) is 0 Å². The Hall–Kier alpha value is -2.25. The molecule has 4 unspecified atom stereocenters. The molecule has 160 valence electrons. The lowest BCUT2D eigenvalue weighted by Gasteiger charge is -2.42. The summed E-state index contributed by atoms with van der Waals surface area (Å²) < 4.78 is 0. The number of nitrogens with zero attached hydrogens (tertiary/aromatic N) is 1. The van der Waals surface area contributed by atoms with Crippen molar-refractivity contribution in [2.75, 3.05) is 6.54 Å². The van der Waals surface area contributed by atoms with Crippen LogP contribution in [0.4, 0.5) is 0 Å². The van der Waals surface area contributed by atoms with E-state index in [0.29, 0.717) is 30.6 Å². The molecule has 5 rings (SSSR count). The number of hydrogen-bond donors (Lipinski definition) is 3. The van der Waals surface area contributed by atoms with Crippen LogP contribution in [0.2, 0.25) is 0 Å². The molecule has 7 heteroatoms. The van der Waals surface area contributed by atoms with Crippen LogP contribution in [0.5, 0.6) is 0 Å². The molecule has 4 atom stereocenters. The van der Waals surface area contributed by atoms with Crippen LogP contribution in [-0.4, -0.2) is 47.3 Å². The number of carbonyl (C=O) groups excluding carboxylic acids is 3. The first-order valence-corrected chi connectivity index (χ1v) is 11.3. The lowest BCUT2D eigenvalue weighted by atomic mass is 9.76. The maximum absolute atomic E-state index is 13.0. The van der Waals surface area contributed by atoms with Crippen LogP contribution in [0, 0.1) is 5.92 Å². The van der Waals surface area contributed by atoms with Crippen LogP contribution < -0.4 is 16.0 Å². The van der Waals surface area contributed by atoms with Crippen LogP contribution in [0.15, 0.2) is 18.2 Å². The molecule has 1 aromatic carbocycles. The minimum Gasteiger partial charge on any atom is -0.322 e. The normalized spacial score (nSPS) is 31.3. The van der Waals surface area contributed by atoms with E-state index in [4.69, 9.17) is 0 Å². The number of hydrogen-bond acceptors (Lipinski definition) is 5. The molecule has 3 N–H and O–H groups in total. The number of amides is 3. The highest BCUT2D eigenvalue weighted by Gasteiger charge is 2.39. The lowest BCUT2D eigenvalue weighted by Crippen LogP contribution is -2.56. The minimum absolute atomic E-state index is 0.104. The van der Waals surface area contributed by atoms with Crippen molar-refractivity contribution >= 4 is 17.7 Å². The molecule has 0 spiro atoms. The zero-order chi connectivity index (χ0) is 20.7. The summed E-state index contributed by atoms with van der Waals surface area (Å²) in [5.74, 6) is 0.0639. The van der Waals surface area contributed by atoms with Crippen molar-refractivity contribution in [3.05, 3.63) is 34.9 Å². The molecular formula is C23H30N4O3. The summed E-state index contributed by atoms with van der Waals surface area (Å²) in [5, 5.41) is 9.82. The van der Waals surface area contributed by atoms with Crippen LogP contribution in [0.1, 0.15) is 66.4 Å². The third kappa shape index (κ3) is 3.65. The molecule has 7 nitrogen and oxygen atoms in total. The molecule has 0 bridgehead atoms. The van der Waals surface area contributed by atoms with E-state index in [9.17, 15) is 14.4 Å². The summed E-state index contributed by atoms with van der Waals surface area (Å²) in [6.07, 6.45) is 7.11. The highest BCUT2D eigenvalue weighted by atomic mass is 16.2. The Morgan fingerprint density at radius 2 is 1.93 bits per heavy atom. The Balaban J connectivity index is 1.25. The molecule has 1 aliphatic carbocycles. The minimum atomic E-state index is -0.555. The van der Waals surface area contributed by atoms with Crippen molar-refractivity contribution < 1.29 is 14.4 Å². The third-order valence-electron chi connectivity index (χ3n) is 7.32. The Labute approximate surface area is 177 Å². The average molecular weight is 411 g/mol. The molecule has 1 aromatic rings. The van der Waals surface area contributed by atoms with Gasteiger partial charge in [0.15, 0.2) is 0 Å². The van der Waals surface area contributed by atoms with Gasteiger partial charge in [0, 0.05) is 37.2 Å². The van der Waals surface area contributed by atoms with E-state index in [0.717, 1.165) is 30.1 Å². The molecular weight excluding hydrogens is 380 g/mol. The Bertz CT molecular complexity index is 868. The molecule has 30 heavy (non-hydrogen) atoms. The Morgan fingerprint density at radius 1 is 1.07 bits per heavy atom. The maximum Gasteiger partial charge on any atom is 0.255 e. The number of fused-ring (bicyclic) bond motifs is 2. The zero-order valence-electron chi connectivity index (χ0n) is 17.3. The van der Waals surface area contributed by atoms with Gasteiger partial charge in [0.1, 0.15) is 6.04 Å². The topological polar surface area (TPSA) is 90.5 Å². The standard InChI is InChI=1S/C23H30N4O3/c28-20-9-8-19(22(29)26-20)27-13-16-7-6-14(11-17(16)23(27)30)12-25-18-5-1-3-15-4-2-10-24-21(15)18/h6-7,11,15,18-19,21,24-25H,1-5,8-10,12-13H2,(H,26,28,29). The van der Waals surface area contributed by atoms with Gasteiger partial charge in [-0.3, -0.25) is 19.7 Å². The summed E-state index contributed by atoms with van der Waals surface area (Å²) in [6.45, 7) is 2.29. The number of imide groups is 1. The summed E-state index contributed by atoms with van der Waals surface area (Å²) in [7, 11) is 0. The Kier molecular flexibility index (Phi) is 5.33. The van der Waals surface area contributed by atoms with Gasteiger partial charge in [0.05, 0.1) is 0 Å². The van der Waals surface area contributed by atoms with E-state index in [2.05, 4.69) is 22.0 Å². The van der Waals surface area contributed by atoms with E-state index in [-0.39, 0.29) is 24.1 Å². The number of carbonyl (C=O) groups is 3. The van der Waals surface area contributed by atoms with E-state index < -0.39 is 6.04 Å². The number of benzene rings is 1. The molecule has 3 fully saturated rings. The second-order valence-electron chi connectivity index (χ2n) is 9.19. The molecule has 4 aliphatic rings. The number of rotatable bonds is 4. The van der Waals surface area contributed by atoms with Gasteiger partial charge in [-0.2, -0.15) is 0 Å². The van der Waals surface area contributed by atoms with E-state index in [1.165, 1.54) is 32.1 Å². The van der Waals surface area contributed by atoms with Crippen molar-refractivity contribution in [1.82, 2.24) is 20.9 Å². The smallest absolute Gasteiger partial charge is 0.255 e. The SMILES string of the molecule is O=C1CCC(N2Cc3ccc(CNC4CCCC5CCCNC54)cc3C2=O)C(=O)N1. The van der Waals surface area contributed by atoms with Gasteiger partial charge in [-0.05, 0) is 61.8 Å². The highest BCUT2D eigenvalue weighted by Crippen LogP contribution is 2.32. The second kappa shape index (κ2) is 8.12. The molecule has 3 aliphatic heterocycles. The van der Waals surface area contributed by atoms with Crippen LogP contribution in [0.3, 0.4) is 0 Å². The molecule has 1 saturated carbocycles. The molecule has 0 aromatic heterocycles. The Morgan fingerprint density at radius 3 is 2.80 bits per heavy atom. The summed E-state index contributed by atoms with van der Waals surface area (Å²) in [6, 6.07) is 6.56. The van der Waals surface area contributed by atoms with Gasteiger partial charge in [0.25, 0.3) is 5.91 Å². The first-order valence-electron chi connectivity index (χ1n) is 11.3. The monoisotopic (exact) mass is 410 g/mol. The van der Waals surface area contributed by atoms with Gasteiger partial charge in [-0.1, -0.05) is 18.6 Å². The first kappa shape index (κ1) is 19.7. The van der Waals surface area contributed by atoms with Crippen molar-refractivity contribution in [2.24, 2.45) is 5.92 Å². The summed E-state index contributed by atoms with van der Waals surface area (Å²) >= 11 is 0. The predicted octanol–water partition coefficient (Wildman–Crippen LogP) is 1.46. The molecule has 3 amide bonds. The third-order valence-corrected chi connectivity index (χ3v) is 7.32. The second-order valence-corrected chi connectivity index (χ2v) is 9.19. The van der Waals surface area contributed by atoms with Crippen molar-refractivity contribution in [3.63, 3.8) is 0 Å². The molecule has 3 heterocycles. The van der Waals surface area contributed by atoms with Crippen molar-refractivity contribution in [1.29, 1.82) is 0 Å². The van der Waals surface area contributed by atoms with Gasteiger partial charge in [0.2, 0.25) is 11.8 Å². The fraction of sp³-hybridized carbons (Fsp3) is 0.609. The van der Waals surface area contributed by atoms with Crippen LogP contribution >= 0.6 is 0 Å². The first-order chi connectivity index (χ1) is 14.6. The highest BCUT2D eigenvalue weighted by molar-refractivity contribution is 6.05. The van der Waals surface area contributed by atoms with Crippen LogP contribution in [0.25, 0.3) is 0 Å². The summed E-state index contributed by atoms with van der Waals surface area (Å²) in [4.78, 5) is 38.2. The lowest BCUT2D eigenvalue weighted by molar-refractivity contribution is -0.136. The summed E-state index contributed by atoms with van der Waals surface area (Å²) in [5.41, 5.74) is 2.75. The largest absolute Gasteiger partial charge is 0.322 e. The van der Waals surface area contributed by atoms with E-state index in [1.807, 2.05) is 12.1 Å². The van der Waals surface area contributed by atoms with E-state index in [1.54, 1.807) is 4.90 Å². The quantitative estimate of drug-likeness (QED) is 0.654. The van der Waals surface area contributed by atoms with E-state index >= 15 is 0 Å². The van der Waals surface area contributed by atoms with Gasteiger partial charge < -0.3 is 15.5 Å². The number of piperidine rings is 2. The van der Waals surface area contributed by atoms with Gasteiger partial charge in [-0.25, -0.2) is 0 Å². The molecule has 0 radical (unpaired) electrons. The van der Waals surface area contributed by atoms with Crippen molar-refractivity contribution in [3.8, 4) is 0 Å². The maximum atomic E-state index is 13.0. The van der Waals surface area contributed by atoms with Crippen LogP contribution in [-0.2, 0) is 22.7 Å². The van der Waals surface area contributed by atoms with Crippen molar-refractivity contribution in [2.45, 2.75) is 76.2 Å². The fourth-order valence-corrected chi connectivity index (χ4v) is 5.74. The number of nitrogens with one attached hydrogen (secondary N) is 3. The zero-order valence-corrected chi connectivity index (χ0v) is 17.3.